The van der Waals surface area contributed by atoms with E-state index in [1.807, 2.05) is 36.4 Å². The van der Waals surface area contributed by atoms with Crippen molar-refractivity contribution in [3.05, 3.63) is 77.5 Å². The van der Waals surface area contributed by atoms with E-state index in [-0.39, 0.29) is 0 Å². The number of rotatable bonds is 5. The monoisotopic (exact) mass is 378 g/mol. The van der Waals surface area contributed by atoms with Gasteiger partial charge in [-0.05, 0) is 29.2 Å². The summed E-state index contributed by atoms with van der Waals surface area (Å²) >= 11 is 1.53. The van der Waals surface area contributed by atoms with Gasteiger partial charge < -0.3 is 5.32 Å². The maximum absolute atomic E-state index is 13.9. The van der Waals surface area contributed by atoms with Crippen LogP contribution in [-0.2, 0) is 6.42 Å². The fraction of sp³-hybridized carbons (Fsp3) is 0.190. The van der Waals surface area contributed by atoms with Crippen molar-refractivity contribution in [2.45, 2.75) is 26.2 Å². The van der Waals surface area contributed by atoms with E-state index in [1.54, 1.807) is 6.07 Å². The molecule has 0 bridgehead atoms. The van der Waals surface area contributed by atoms with E-state index in [2.05, 4.69) is 46.2 Å². The second kappa shape index (κ2) is 7.40. The highest BCUT2D eigenvalue weighted by Gasteiger charge is 2.10. The third-order valence-corrected chi connectivity index (χ3v) is 5.23. The lowest BCUT2D eigenvalue weighted by Crippen LogP contribution is -2.02. The summed E-state index contributed by atoms with van der Waals surface area (Å²) in [6, 6.07) is 17.9. The Morgan fingerprint density at radius 1 is 1.00 bits per heavy atom. The average molecular weight is 378 g/mol. The van der Waals surface area contributed by atoms with Gasteiger partial charge in [0.25, 0.3) is 0 Å². The molecule has 2 heterocycles. The Balaban J connectivity index is 1.59. The van der Waals surface area contributed by atoms with Crippen molar-refractivity contribution in [3.63, 3.8) is 0 Å². The standard InChI is InChI=1S/C21H19FN4S/c1-13(2)15-8-9-17-18(11-15)27-21(24-17)26-19-12-16(23-20(22)25-19)10-14-6-4-3-5-7-14/h3-9,11-13H,10H2,1-2H3,(H,23,24,25,26). The van der Waals surface area contributed by atoms with Crippen LogP contribution >= 0.6 is 11.3 Å². The number of nitrogens with zero attached hydrogens (tertiary/aromatic N) is 3. The summed E-state index contributed by atoms with van der Waals surface area (Å²) in [5.74, 6) is 0.876. The van der Waals surface area contributed by atoms with E-state index in [0.717, 1.165) is 15.8 Å². The van der Waals surface area contributed by atoms with Gasteiger partial charge in [-0.15, -0.1) is 0 Å². The third kappa shape index (κ3) is 4.11. The van der Waals surface area contributed by atoms with Crippen molar-refractivity contribution in [3.8, 4) is 0 Å². The van der Waals surface area contributed by atoms with E-state index in [1.165, 1.54) is 16.9 Å². The molecule has 0 aliphatic rings. The van der Waals surface area contributed by atoms with Crippen molar-refractivity contribution in [2.24, 2.45) is 0 Å². The minimum atomic E-state index is -0.742. The van der Waals surface area contributed by atoms with Gasteiger partial charge >= 0.3 is 6.08 Å². The maximum atomic E-state index is 13.9. The lowest BCUT2D eigenvalue weighted by molar-refractivity contribution is 0.535. The molecule has 0 saturated heterocycles. The third-order valence-electron chi connectivity index (χ3n) is 4.29. The van der Waals surface area contributed by atoms with Crippen LogP contribution in [0.2, 0.25) is 0 Å². The normalized spacial score (nSPS) is 11.3. The molecule has 0 fully saturated rings. The van der Waals surface area contributed by atoms with Crippen LogP contribution in [0.4, 0.5) is 15.3 Å². The molecule has 1 N–H and O–H groups in total. The Morgan fingerprint density at radius 2 is 1.81 bits per heavy atom. The van der Waals surface area contributed by atoms with Crippen LogP contribution in [0.1, 0.15) is 36.6 Å². The molecule has 0 saturated carbocycles. The van der Waals surface area contributed by atoms with E-state index in [0.29, 0.717) is 29.0 Å². The van der Waals surface area contributed by atoms with Gasteiger partial charge in [-0.2, -0.15) is 9.37 Å². The molecule has 4 nitrogen and oxygen atoms in total. The first-order chi connectivity index (χ1) is 13.1. The van der Waals surface area contributed by atoms with Gasteiger partial charge in [-0.1, -0.05) is 61.6 Å². The van der Waals surface area contributed by atoms with Crippen LogP contribution in [0.25, 0.3) is 10.2 Å². The fourth-order valence-corrected chi connectivity index (χ4v) is 3.81. The molecule has 0 aliphatic heterocycles. The fourth-order valence-electron chi connectivity index (χ4n) is 2.89. The quantitative estimate of drug-likeness (QED) is 0.454. The number of thiazole rings is 1. The van der Waals surface area contributed by atoms with Crippen LogP contribution in [0.15, 0.2) is 54.6 Å². The largest absolute Gasteiger partial charge is 0.316 e. The molecule has 0 amide bonds. The maximum Gasteiger partial charge on any atom is 0.310 e. The van der Waals surface area contributed by atoms with Gasteiger partial charge in [-0.25, -0.2) is 9.97 Å². The lowest BCUT2D eigenvalue weighted by atomic mass is 10.0. The predicted molar refractivity (Wildman–Crippen MR) is 108 cm³/mol. The first-order valence-electron chi connectivity index (χ1n) is 8.82. The Labute approximate surface area is 161 Å². The van der Waals surface area contributed by atoms with E-state index in [9.17, 15) is 4.39 Å². The van der Waals surface area contributed by atoms with E-state index < -0.39 is 6.08 Å². The number of benzene rings is 2. The minimum absolute atomic E-state index is 0.413. The van der Waals surface area contributed by atoms with Gasteiger partial charge in [0.1, 0.15) is 5.82 Å². The van der Waals surface area contributed by atoms with Crippen molar-refractivity contribution in [1.29, 1.82) is 0 Å². The number of hydrogen-bond acceptors (Lipinski definition) is 5. The molecule has 4 aromatic rings. The number of anilines is 2. The summed E-state index contributed by atoms with van der Waals surface area (Å²) in [5, 5.41) is 3.81. The van der Waals surface area contributed by atoms with Gasteiger partial charge in [0.05, 0.1) is 15.9 Å². The topological polar surface area (TPSA) is 50.7 Å². The van der Waals surface area contributed by atoms with Crippen molar-refractivity contribution in [2.75, 3.05) is 5.32 Å². The van der Waals surface area contributed by atoms with Crippen LogP contribution in [0, 0.1) is 6.08 Å². The molecular formula is C21H19FN4S. The molecule has 0 spiro atoms. The Morgan fingerprint density at radius 3 is 2.59 bits per heavy atom. The molecule has 4 rings (SSSR count). The highest BCUT2D eigenvalue weighted by Crippen LogP contribution is 2.30. The Hall–Kier alpha value is -2.86. The lowest BCUT2D eigenvalue weighted by Gasteiger charge is -2.05. The molecule has 0 radical (unpaired) electrons. The van der Waals surface area contributed by atoms with Gasteiger partial charge in [0.2, 0.25) is 0 Å². The smallest absolute Gasteiger partial charge is 0.310 e. The number of nitrogens with one attached hydrogen (secondary N) is 1. The zero-order valence-corrected chi connectivity index (χ0v) is 15.9. The average Bonchev–Trinajstić information content (AvgIpc) is 3.03. The second-order valence-corrected chi connectivity index (χ2v) is 7.73. The zero-order chi connectivity index (χ0) is 18.8. The molecule has 27 heavy (non-hydrogen) atoms. The molecule has 136 valence electrons. The highest BCUT2D eigenvalue weighted by molar-refractivity contribution is 7.22. The van der Waals surface area contributed by atoms with Crippen molar-refractivity contribution < 1.29 is 4.39 Å². The number of halogens is 1. The minimum Gasteiger partial charge on any atom is -0.316 e. The second-order valence-electron chi connectivity index (χ2n) is 6.70. The van der Waals surface area contributed by atoms with Crippen LogP contribution in [0.5, 0.6) is 0 Å². The van der Waals surface area contributed by atoms with Gasteiger partial charge in [0, 0.05) is 12.5 Å². The summed E-state index contributed by atoms with van der Waals surface area (Å²) in [5.41, 5.74) is 3.89. The number of hydrogen-bond donors (Lipinski definition) is 1. The van der Waals surface area contributed by atoms with Crippen LogP contribution < -0.4 is 5.32 Å². The van der Waals surface area contributed by atoms with E-state index in [4.69, 9.17) is 0 Å². The first-order valence-corrected chi connectivity index (χ1v) is 9.63. The number of fused-ring (bicyclic) bond motifs is 1. The zero-order valence-electron chi connectivity index (χ0n) is 15.1. The molecule has 2 aromatic carbocycles. The molecular weight excluding hydrogens is 359 g/mol. The van der Waals surface area contributed by atoms with Crippen LogP contribution in [0.3, 0.4) is 0 Å². The van der Waals surface area contributed by atoms with Gasteiger partial charge in [-0.3, -0.25) is 0 Å². The summed E-state index contributed by atoms with van der Waals surface area (Å²) in [7, 11) is 0. The van der Waals surface area contributed by atoms with Crippen molar-refractivity contribution in [1.82, 2.24) is 15.0 Å². The summed E-state index contributed by atoms with van der Waals surface area (Å²) in [6.45, 7) is 4.33. The predicted octanol–water partition coefficient (Wildman–Crippen LogP) is 5.68. The van der Waals surface area contributed by atoms with E-state index >= 15 is 0 Å². The molecule has 0 atom stereocenters. The summed E-state index contributed by atoms with van der Waals surface area (Å²) < 4.78 is 15.0. The molecule has 2 aromatic heterocycles. The SMILES string of the molecule is CC(C)c1ccc2nc(Nc3cc(Cc4ccccc4)nc(F)n3)sc2c1. The van der Waals surface area contributed by atoms with Crippen LogP contribution in [-0.4, -0.2) is 15.0 Å². The summed E-state index contributed by atoms with van der Waals surface area (Å²) in [4.78, 5) is 12.4. The van der Waals surface area contributed by atoms with Crippen molar-refractivity contribution >= 4 is 32.5 Å². The Kier molecular flexibility index (Phi) is 4.81. The molecule has 0 aliphatic carbocycles. The Bertz CT molecular complexity index is 1080. The first kappa shape index (κ1) is 17.5. The number of aromatic nitrogens is 3. The molecule has 6 heteroatoms. The highest BCUT2D eigenvalue weighted by atomic mass is 32.1. The van der Waals surface area contributed by atoms with Gasteiger partial charge in [0.15, 0.2) is 5.13 Å². The molecule has 0 unspecified atom stereocenters. The summed E-state index contributed by atoms with van der Waals surface area (Å²) in [6.07, 6.45) is -0.193.